The van der Waals surface area contributed by atoms with Crippen LogP contribution >= 0.6 is 0 Å². The molecule has 0 aliphatic rings. The third-order valence-corrected chi connectivity index (χ3v) is 5.79. The van der Waals surface area contributed by atoms with Gasteiger partial charge in [-0.15, -0.1) is 0 Å². The molecule has 1 atom stereocenters. The Kier molecular flexibility index (Phi) is 2.90. The lowest BCUT2D eigenvalue weighted by atomic mass is 10.1. The van der Waals surface area contributed by atoms with Crippen molar-refractivity contribution in [3.63, 3.8) is 0 Å². The Bertz CT molecular complexity index is 329. The maximum atomic E-state index is 5.95. The predicted octanol–water partition coefficient (Wildman–Crippen LogP) is 2.83. The molecule has 1 aromatic rings. The van der Waals surface area contributed by atoms with Crippen molar-refractivity contribution >= 4 is 19.4 Å². The molecule has 0 bridgehead atoms. The van der Waals surface area contributed by atoms with E-state index in [1.54, 1.807) is 0 Å². The summed E-state index contributed by atoms with van der Waals surface area (Å²) in [6, 6.07) is 5.77. The Labute approximate surface area is 87.3 Å². The van der Waals surface area contributed by atoms with Crippen LogP contribution in [0.1, 0.15) is 18.0 Å². The molecule has 14 heavy (non-hydrogen) atoms. The average Bonchev–Trinajstić information content (AvgIpc) is 2.06. The van der Waals surface area contributed by atoms with E-state index in [4.69, 9.17) is 11.5 Å². The van der Waals surface area contributed by atoms with Gasteiger partial charge >= 0.3 is 0 Å². The first kappa shape index (κ1) is 11.1. The molecule has 1 aromatic carbocycles. The second-order valence-corrected chi connectivity index (χ2v) is 10.6. The zero-order valence-corrected chi connectivity index (χ0v) is 10.5. The van der Waals surface area contributed by atoms with E-state index in [2.05, 4.69) is 26.6 Å². The van der Waals surface area contributed by atoms with Crippen molar-refractivity contribution < 1.29 is 0 Å². The van der Waals surface area contributed by atoms with Gasteiger partial charge in [0.15, 0.2) is 0 Å². The normalized spacial score (nSPS) is 14.0. The van der Waals surface area contributed by atoms with E-state index >= 15 is 0 Å². The second-order valence-electron chi connectivity index (χ2n) is 4.98. The molecule has 3 heteroatoms. The van der Waals surface area contributed by atoms with Crippen molar-refractivity contribution in [2.75, 3.05) is 11.5 Å². The molecule has 0 saturated carbocycles. The van der Waals surface area contributed by atoms with E-state index in [9.17, 15) is 0 Å². The highest BCUT2D eigenvalue weighted by atomic mass is 28.3. The fourth-order valence-electron chi connectivity index (χ4n) is 1.43. The largest absolute Gasteiger partial charge is 0.399 e. The van der Waals surface area contributed by atoms with Crippen LogP contribution in [-0.2, 0) is 0 Å². The molecule has 2 nitrogen and oxygen atoms in total. The van der Waals surface area contributed by atoms with Crippen LogP contribution in [0.4, 0.5) is 11.4 Å². The minimum absolute atomic E-state index is 0.547. The number of benzene rings is 1. The molecule has 0 radical (unpaired) electrons. The van der Waals surface area contributed by atoms with Crippen molar-refractivity contribution in [1.82, 2.24) is 0 Å². The van der Waals surface area contributed by atoms with E-state index in [-0.39, 0.29) is 0 Å². The van der Waals surface area contributed by atoms with Gasteiger partial charge in [-0.3, -0.25) is 0 Å². The van der Waals surface area contributed by atoms with Gasteiger partial charge in [-0.2, -0.15) is 0 Å². The predicted molar refractivity (Wildman–Crippen MR) is 67.0 cm³/mol. The van der Waals surface area contributed by atoms with Crippen LogP contribution in [0.5, 0.6) is 0 Å². The maximum absolute atomic E-state index is 5.95. The van der Waals surface area contributed by atoms with Crippen molar-refractivity contribution in [2.45, 2.75) is 32.1 Å². The number of anilines is 2. The number of hydrogen-bond donors (Lipinski definition) is 2. The van der Waals surface area contributed by atoms with Crippen LogP contribution in [0.2, 0.25) is 19.6 Å². The highest BCUT2D eigenvalue weighted by molar-refractivity contribution is 6.77. The Morgan fingerprint density at radius 2 is 1.71 bits per heavy atom. The molecule has 78 valence electrons. The molecule has 0 heterocycles. The lowest BCUT2D eigenvalue weighted by molar-refractivity contribution is 1.02. The SMILES string of the molecule is CC(c1cc(N)ccc1N)[Si](C)(C)C. The number of hydrogen-bond acceptors (Lipinski definition) is 2. The molecule has 0 spiro atoms. The number of rotatable bonds is 2. The van der Waals surface area contributed by atoms with Gasteiger partial charge in [0.1, 0.15) is 0 Å². The molecule has 0 aromatic heterocycles. The summed E-state index contributed by atoms with van der Waals surface area (Å²) in [5.41, 5.74) is 15.2. The minimum atomic E-state index is -1.19. The quantitative estimate of drug-likeness (QED) is 0.580. The molecule has 0 amide bonds. The third kappa shape index (κ3) is 2.29. The van der Waals surface area contributed by atoms with Gasteiger partial charge in [-0.05, 0) is 29.3 Å². The molecular weight excluding hydrogens is 188 g/mol. The molecule has 1 unspecified atom stereocenters. The van der Waals surface area contributed by atoms with Crippen LogP contribution in [0.3, 0.4) is 0 Å². The first-order chi connectivity index (χ1) is 6.32. The van der Waals surface area contributed by atoms with Crippen LogP contribution in [0.25, 0.3) is 0 Å². The minimum Gasteiger partial charge on any atom is -0.399 e. The van der Waals surface area contributed by atoms with Crippen molar-refractivity contribution in [2.24, 2.45) is 0 Å². The van der Waals surface area contributed by atoms with Gasteiger partial charge in [0.25, 0.3) is 0 Å². The van der Waals surface area contributed by atoms with Gasteiger partial charge in [-0.1, -0.05) is 26.6 Å². The Hall–Kier alpha value is -0.963. The zero-order chi connectivity index (χ0) is 10.9. The van der Waals surface area contributed by atoms with Gasteiger partial charge in [0, 0.05) is 11.4 Å². The van der Waals surface area contributed by atoms with Crippen LogP contribution in [0, 0.1) is 0 Å². The topological polar surface area (TPSA) is 52.0 Å². The third-order valence-electron chi connectivity index (χ3n) is 2.88. The first-order valence-corrected chi connectivity index (χ1v) is 8.55. The molecule has 0 fully saturated rings. The van der Waals surface area contributed by atoms with Crippen LogP contribution in [0.15, 0.2) is 18.2 Å². The number of nitrogen functional groups attached to an aromatic ring is 2. The van der Waals surface area contributed by atoms with Crippen molar-refractivity contribution in [3.8, 4) is 0 Å². The van der Waals surface area contributed by atoms with Gasteiger partial charge in [0.2, 0.25) is 0 Å². The van der Waals surface area contributed by atoms with Gasteiger partial charge in [-0.25, -0.2) is 0 Å². The standard InChI is InChI=1S/C11H20N2Si/c1-8(14(2,3)4)10-7-9(12)5-6-11(10)13/h5-8H,12-13H2,1-4H3. The highest BCUT2D eigenvalue weighted by Crippen LogP contribution is 2.31. The summed E-state index contributed by atoms with van der Waals surface area (Å²) < 4.78 is 0. The first-order valence-electron chi connectivity index (χ1n) is 4.97. The van der Waals surface area contributed by atoms with Crippen molar-refractivity contribution in [1.29, 1.82) is 0 Å². The molecule has 0 aliphatic carbocycles. The lowest BCUT2D eigenvalue weighted by Crippen LogP contribution is -2.29. The molecular formula is C11H20N2Si. The molecule has 0 saturated heterocycles. The summed E-state index contributed by atoms with van der Waals surface area (Å²) in [5, 5.41) is 0. The van der Waals surface area contributed by atoms with E-state index in [1.807, 2.05) is 18.2 Å². The summed E-state index contributed by atoms with van der Waals surface area (Å²) >= 11 is 0. The monoisotopic (exact) mass is 208 g/mol. The van der Waals surface area contributed by atoms with E-state index in [0.29, 0.717) is 5.54 Å². The van der Waals surface area contributed by atoms with Crippen LogP contribution in [-0.4, -0.2) is 8.07 Å². The summed E-state index contributed by atoms with van der Waals surface area (Å²) in [6.45, 7) is 9.29. The average molecular weight is 208 g/mol. The fourth-order valence-corrected chi connectivity index (χ4v) is 2.62. The Balaban J connectivity index is 3.12. The second kappa shape index (κ2) is 3.65. The number of nitrogens with two attached hydrogens (primary N) is 2. The summed E-state index contributed by atoms with van der Waals surface area (Å²) in [5.74, 6) is 0. The summed E-state index contributed by atoms with van der Waals surface area (Å²) in [7, 11) is -1.19. The smallest absolute Gasteiger partial charge is 0.0519 e. The zero-order valence-electron chi connectivity index (χ0n) is 9.46. The lowest BCUT2D eigenvalue weighted by Gasteiger charge is -2.26. The van der Waals surface area contributed by atoms with E-state index < -0.39 is 8.07 Å². The van der Waals surface area contributed by atoms with Gasteiger partial charge < -0.3 is 11.5 Å². The van der Waals surface area contributed by atoms with Gasteiger partial charge in [0.05, 0.1) is 8.07 Å². The molecule has 4 N–H and O–H groups in total. The summed E-state index contributed by atoms with van der Waals surface area (Å²) in [4.78, 5) is 0. The summed E-state index contributed by atoms with van der Waals surface area (Å²) in [6.07, 6.45) is 0. The van der Waals surface area contributed by atoms with Crippen molar-refractivity contribution in [3.05, 3.63) is 23.8 Å². The highest BCUT2D eigenvalue weighted by Gasteiger charge is 2.25. The van der Waals surface area contributed by atoms with E-state index in [1.165, 1.54) is 5.56 Å². The van der Waals surface area contributed by atoms with E-state index in [0.717, 1.165) is 11.4 Å². The Morgan fingerprint density at radius 3 is 2.21 bits per heavy atom. The fraction of sp³-hybridized carbons (Fsp3) is 0.455. The molecule has 1 rings (SSSR count). The maximum Gasteiger partial charge on any atom is 0.0519 e. The van der Waals surface area contributed by atoms with Crippen LogP contribution < -0.4 is 11.5 Å². The molecule has 0 aliphatic heterocycles. The Morgan fingerprint density at radius 1 is 1.14 bits per heavy atom.